The van der Waals surface area contributed by atoms with E-state index in [1.807, 2.05) is 111 Å². The van der Waals surface area contributed by atoms with Gasteiger partial charge in [0.05, 0.1) is 106 Å². The molecular weight excluding hydrogens is 1220 g/mol. The first-order chi connectivity index (χ1) is 45.0. The first-order valence-corrected chi connectivity index (χ1v) is 31.5. The summed E-state index contributed by atoms with van der Waals surface area (Å²) in [6.07, 6.45) is 0. The normalized spacial score (nSPS) is 27.2. The van der Waals surface area contributed by atoms with Gasteiger partial charge in [-0.25, -0.2) is 0 Å². The van der Waals surface area contributed by atoms with Crippen molar-refractivity contribution in [1.82, 2.24) is 0 Å². The number of hydrogen-bond acceptors (Lipinski definition) is 16. The van der Waals surface area contributed by atoms with E-state index in [4.69, 9.17) is 75.8 Å². The van der Waals surface area contributed by atoms with Gasteiger partial charge in [0.2, 0.25) is 0 Å². The Labute approximate surface area is 568 Å². The highest BCUT2D eigenvalue weighted by Crippen LogP contribution is 2.36. The second kappa shape index (κ2) is 28.0. The molecule has 1 aliphatic carbocycles. The first kappa shape index (κ1) is 72.6. The van der Waals surface area contributed by atoms with Crippen molar-refractivity contribution >= 4 is 0 Å². The average Bonchev–Trinajstić information content (AvgIpc) is 0.844. The molecule has 0 bridgehead atoms. The summed E-state index contributed by atoms with van der Waals surface area (Å²) in [4.78, 5) is 0. The average molecular weight is 1300 g/mol. The smallest absolute Gasteiger partial charge is 0.302 e. The first-order valence-electron chi connectivity index (χ1n) is 31.5. The molecule has 16 heteroatoms. The lowest BCUT2D eigenvalue weighted by Gasteiger charge is -2.37. The summed E-state index contributed by atoms with van der Waals surface area (Å²) in [6.45, 7) is 35.9. The van der Waals surface area contributed by atoms with Crippen LogP contribution in [0.15, 0.2) is 0 Å². The van der Waals surface area contributed by atoms with Gasteiger partial charge in [0.15, 0.2) is 0 Å². The van der Waals surface area contributed by atoms with Crippen molar-refractivity contribution in [3.8, 4) is 189 Å². The van der Waals surface area contributed by atoms with E-state index in [0.717, 1.165) is 0 Å². The molecule has 0 aromatic rings. The molecule has 0 saturated carbocycles. The SMILES string of the molecule is CC1(C)COC2(C#CC#CC3(C#CC#CC4(C#CC#CC5(C#CC#CC6(C#CC#CC7(C#CC#CC8(C#CC#CC9(C#CC#C2)OCC(C)(C)CO9)OCC(C)(C)CO8)OCC(C)(C)CO7)OCC(C)(C)CO6)OCC(C)(C)CO5)OCC(C)(C)CO4)OCC(C)(C)CO3)OC1. The summed E-state index contributed by atoms with van der Waals surface area (Å²) in [5.74, 6) is 79.0. The van der Waals surface area contributed by atoms with Gasteiger partial charge < -0.3 is 75.8 Å². The van der Waals surface area contributed by atoms with Crippen LogP contribution >= 0.6 is 0 Å². The topological polar surface area (TPSA) is 148 Å². The zero-order valence-electron chi connectivity index (χ0n) is 57.8. The third-order valence-electron chi connectivity index (χ3n) is 14.8. The standard InChI is InChI=1S/C80H80O16/c1-65(2)49-81-73(82-50-65)33-17-19-35-74(83-51-66(3,4)52-84-74)37-21-23-39-76(87-55-68(7,8)56-88-76)41-25-27-43-78(91-59-70(11,12)60-92-78)45-29-31-47-80(95-63-72(15,16)64-96-80)48-32-30-46-79(93-61-71(13,14)62-94-79)44-28-26-42-77(89-57-69(9,10)58-90-77)40-24-22-38-75(36-20-18-34-73)85-53-67(5,6)54-86-75/h49-64H2,1-16H3. The zero-order chi connectivity index (χ0) is 69.3. The monoisotopic (exact) mass is 1300 g/mol. The Balaban J connectivity index is 1.16. The van der Waals surface area contributed by atoms with E-state index in [-0.39, 0.29) is 149 Å². The lowest BCUT2D eigenvalue weighted by molar-refractivity contribution is -0.235. The Morgan fingerprint density at radius 1 is 0.125 bits per heavy atom. The van der Waals surface area contributed by atoms with Gasteiger partial charge in [-0.1, -0.05) is 111 Å². The summed E-state index contributed by atoms with van der Waals surface area (Å²) < 4.78 is 99.9. The van der Waals surface area contributed by atoms with Crippen LogP contribution in [0.4, 0.5) is 0 Å². The molecule has 9 aliphatic rings. The maximum atomic E-state index is 6.24. The molecule has 8 fully saturated rings. The molecule has 8 aliphatic heterocycles. The minimum atomic E-state index is -1.75. The van der Waals surface area contributed by atoms with Crippen LogP contribution in [-0.2, 0) is 75.8 Å². The summed E-state index contributed by atoms with van der Waals surface area (Å²) >= 11 is 0. The fraction of sp³-hybridized carbons (Fsp3) is 0.600. The minimum Gasteiger partial charge on any atom is -0.329 e. The maximum absolute atomic E-state index is 6.24. The number of ether oxygens (including phenoxy) is 16. The minimum absolute atomic E-state index is 0.250. The quantitative estimate of drug-likeness (QED) is 0.253. The van der Waals surface area contributed by atoms with Crippen LogP contribution in [0, 0.1) is 233 Å². The third-order valence-corrected chi connectivity index (χ3v) is 14.8. The molecule has 96 heavy (non-hydrogen) atoms. The van der Waals surface area contributed by atoms with Crippen molar-refractivity contribution in [2.24, 2.45) is 43.3 Å². The molecule has 0 N–H and O–H groups in total. The Kier molecular flexibility index (Phi) is 21.2. The van der Waals surface area contributed by atoms with E-state index in [0.29, 0.717) is 0 Å². The molecular formula is C80H80O16. The second-order valence-corrected chi connectivity index (χ2v) is 30.9. The molecule has 8 heterocycles. The summed E-state index contributed by atoms with van der Waals surface area (Å²) in [5, 5.41) is 0. The zero-order valence-corrected chi connectivity index (χ0v) is 57.8. The molecule has 0 radical (unpaired) electrons. The summed E-state index contributed by atoms with van der Waals surface area (Å²) in [7, 11) is 0. The van der Waals surface area contributed by atoms with Crippen molar-refractivity contribution < 1.29 is 75.8 Å². The van der Waals surface area contributed by atoms with E-state index in [1.165, 1.54) is 0 Å². The lowest BCUT2D eigenvalue weighted by atomic mass is 9.94. The van der Waals surface area contributed by atoms with Crippen molar-refractivity contribution in [1.29, 1.82) is 0 Å². The van der Waals surface area contributed by atoms with Crippen molar-refractivity contribution in [3.63, 3.8) is 0 Å². The van der Waals surface area contributed by atoms with Crippen LogP contribution in [0.25, 0.3) is 0 Å². The summed E-state index contributed by atoms with van der Waals surface area (Å²) in [6, 6.07) is 0. The molecule has 496 valence electrons. The molecule has 0 unspecified atom stereocenters. The van der Waals surface area contributed by atoms with Crippen LogP contribution in [0.3, 0.4) is 0 Å². The second-order valence-electron chi connectivity index (χ2n) is 30.9. The third kappa shape index (κ3) is 20.2. The van der Waals surface area contributed by atoms with Crippen LogP contribution < -0.4 is 0 Å². The molecule has 0 aromatic heterocycles. The molecule has 0 amide bonds. The Hall–Kier alpha value is -7.68. The molecule has 8 saturated heterocycles. The van der Waals surface area contributed by atoms with Crippen LogP contribution in [0.1, 0.15) is 111 Å². The Morgan fingerprint density at radius 3 is 0.250 bits per heavy atom. The Bertz CT molecular complexity index is 3110. The molecule has 0 atom stereocenters. The summed E-state index contributed by atoms with van der Waals surface area (Å²) in [5.41, 5.74) is -2.85. The number of rotatable bonds is 0. The highest BCUT2D eigenvalue weighted by Gasteiger charge is 2.46. The fourth-order valence-corrected chi connectivity index (χ4v) is 8.64. The largest absolute Gasteiger partial charge is 0.329 e. The molecule has 0 aromatic carbocycles. The van der Waals surface area contributed by atoms with Gasteiger partial charge in [-0.2, -0.15) is 0 Å². The molecule has 16 nitrogen and oxygen atoms in total. The van der Waals surface area contributed by atoms with Gasteiger partial charge in [-0.3, -0.25) is 0 Å². The molecule has 8 spiro atoms. The van der Waals surface area contributed by atoms with E-state index >= 15 is 0 Å². The van der Waals surface area contributed by atoms with Crippen molar-refractivity contribution in [2.45, 2.75) is 157 Å². The van der Waals surface area contributed by atoms with Crippen LogP contribution in [0.5, 0.6) is 0 Å². The highest BCUT2D eigenvalue weighted by molar-refractivity contribution is 5.48. The van der Waals surface area contributed by atoms with Gasteiger partial charge >= 0.3 is 46.3 Å². The van der Waals surface area contributed by atoms with Crippen LogP contribution in [-0.4, -0.2) is 152 Å². The van der Waals surface area contributed by atoms with E-state index in [9.17, 15) is 0 Å². The van der Waals surface area contributed by atoms with Gasteiger partial charge in [-0.05, 0) is 189 Å². The van der Waals surface area contributed by atoms with Crippen molar-refractivity contribution in [2.75, 3.05) is 106 Å². The van der Waals surface area contributed by atoms with E-state index < -0.39 is 46.3 Å². The van der Waals surface area contributed by atoms with Gasteiger partial charge in [-0.15, -0.1) is 0 Å². The van der Waals surface area contributed by atoms with Crippen molar-refractivity contribution in [3.05, 3.63) is 0 Å². The highest BCUT2D eigenvalue weighted by atomic mass is 16.7. The molecule has 9 rings (SSSR count). The predicted octanol–water partition coefficient (Wildman–Crippen LogP) is 6.21. The lowest BCUT2D eigenvalue weighted by Crippen LogP contribution is -2.46. The van der Waals surface area contributed by atoms with E-state index in [1.54, 1.807) is 0 Å². The maximum Gasteiger partial charge on any atom is 0.302 e. The van der Waals surface area contributed by atoms with Gasteiger partial charge in [0, 0.05) is 43.3 Å². The predicted molar refractivity (Wildman–Crippen MR) is 352 cm³/mol. The Morgan fingerprint density at radius 2 is 0.188 bits per heavy atom. The van der Waals surface area contributed by atoms with Crippen LogP contribution in [0.2, 0.25) is 0 Å². The van der Waals surface area contributed by atoms with Gasteiger partial charge in [0.1, 0.15) is 0 Å². The number of hydrogen-bond donors (Lipinski definition) is 0. The van der Waals surface area contributed by atoms with Gasteiger partial charge in [0.25, 0.3) is 0 Å². The fourth-order valence-electron chi connectivity index (χ4n) is 8.64. The van der Waals surface area contributed by atoms with E-state index in [2.05, 4.69) is 189 Å².